The third-order valence-corrected chi connectivity index (χ3v) is 8.21. The van der Waals surface area contributed by atoms with Crippen molar-refractivity contribution in [1.29, 1.82) is 0 Å². The summed E-state index contributed by atoms with van der Waals surface area (Å²) < 4.78 is 24.9. The van der Waals surface area contributed by atoms with Gasteiger partial charge in [-0.05, 0) is 24.6 Å². The summed E-state index contributed by atoms with van der Waals surface area (Å²) >= 11 is 11.1. The van der Waals surface area contributed by atoms with E-state index < -0.39 is 9.84 Å². The molecule has 0 saturated carbocycles. The lowest BCUT2D eigenvalue weighted by Crippen LogP contribution is -2.37. The van der Waals surface area contributed by atoms with Gasteiger partial charge in [-0.1, -0.05) is 52.6 Å². The Morgan fingerprint density at radius 1 is 1.44 bits per heavy atom. The standard InChI is InChI=1S/C16H18BrClN2O3S2/c1-2-3-4-15(21)19-16-20(12-6-5-10(17)7-11(12)18)13-8-25(22,23)9-14(13)24-16/h5-7,13-14H,2-4,8-9H2,1H3/t13-,14+/m1/s1. The molecule has 0 aromatic heterocycles. The van der Waals surface area contributed by atoms with E-state index in [-0.39, 0.29) is 28.7 Å². The number of amides is 1. The quantitative estimate of drug-likeness (QED) is 0.675. The summed E-state index contributed by atoms with van der Waals surface area (Å²) in [5, 5.41) is 0.922. The molecule has 136 valence electrons. The highest BCUT2D eigenvalue weighted by molar-refractivity contribution is 9.10. The smallest absolute Gasteiger partial charge is 0.248 e. The largest absolute Gasteiger partial charge is 0.314 e. The Kier molecular flexibility index (Phi) is 5.82. The molecule has 2 atom stereocenters. The average Bonchev–Trinajstić information content (AvgIpc) is 2.97. The minimum absolute atomic E-state index is 0.0548. The van der Waals surface area contributed by atoms with Gasteiger partial charge in [-0.3, -0.25) is 4.79 Å². The Morgan fingerprint density at radius 3 is 2.88 bits per heavy atom. The summed E-state index contributed by atoms with van der Waals surface area (Å²) in [7, 11) is -3.09. The average molecular weight is 466 g/mol. The van der Waals surface area contributed by atoms with Crippen molar-refractivity contribution in [2.24, 2.45) is 4.99 Å². The Morgan fingerprint density at radius 2 is 2.20 bits per heavy atom. The van der Waals surface area contributed by atoms with Crippen LogP contribution in [0.25, 0.3) is 0 Å². The highest BCUT2D eigenvalue weighted by atomic mass is 79.9. The van der Waals surface area contributed by atoms with Gasteiger partial charge in [-0.15, -0.1) is 0 Å². The number of carbonyl (C=O) groups is 1. The van der Waals surface area contributed by atoms with Crippen LogP contribution in [0.3, 0.4) is 0 Å². The molecule has 9 heteroatoms. The van der Waals surface area contributed by atoms with Crippen molar-refractivity contribution in [3.63, 3.8) is 0 Å². The van der Waals surface area contributed by atoms with Crippen molar-refractivity contribution in [3.05, 3.63) is 27.7 Å². The minimum atomic E-state index is -3.09. The number of hydrogen-bond acceptors (Lipinski definition) is 4. The molecule has 2 heterocycles. The predicted molar refractivity (Wildman–Crippen MR) is 107 cm³/mol. The topological polar surface area (TPSA) is 66.8 Å². The molecule has 1 aromatic carbocycles. The van der Waals surface area contributed by atoms with Crippen LogP contribution in [0.5, 0.6) is 0 Å². The summed E-state index contributed by atoms with van der Waals surface area (Å²) in [5.74, 6) is -0.0144. The number of rotatable bonds is 4. The first-order valence-electron chi connectivity index (χ1n) is 8.03. The van der Waals surface area contributed by atoms with Gasteiger partial charge in [0.15, 0.2) is 15.0 Å². The number of nitrogens with zero attached hydrogens (tertiary/aromatic N) is 2. The molecule has 2 saturated heterocycles. The van der Waals surface area contributed by atoms with Crippen LogP contribution in [0.4, 0.5) is 5.69 Å². The van der Waals surface area contributed by atoms with Crippen molar-refractivity contribution in [2.45, 2.75) is 37.5 Å². The second-order valence-corrected chi connectivity index (χ2v) is 10.8. The van der Waals surface area contributed by atoms with Crippen molar-refractivity contribution < 1.29 is 13.2 Å². The van der Waals surface area contributed by atoms with E-state index in [1.807, 2.05) is 24.0 Å². The van der Waals surface area contributed by atoms with E-state index in [0.717, 1.165) is 17.3 Å². The third-order valence-electron chi connectivity index (χ3n) is 4.20. The lowest BCUT2D eigenvalue weighted by Gasteiger charge is -2.25. The van der Waals surface area contributed by atoms with Gasteiger partial charge in [0, 0.05) is 16.1 Å². The van der Waals surface area contributed by atoms with Gasteiger partial charge < -0.3 is 4.90 Å². The monoisotopic (exact) mass is 464 g/mol. The fourth-order valence-corrected chi connectivity index (χ4v) is 7.70. The molecular weight excluding hydrogens is 448 g/mol. The van der Waals surface area contributed by atoms with E-state index >= 15 is 0 Å². The number of carbonyl (C=O) groups excluding carboxylic acids is 1. The molecular formula is C16H18BrClN2O3S2. The maximum atomic E-state index is 12.1. The number of fused-ring (bicyclic) bond motifs is 1. The molecule has 1 amide bonds. The number of sulfone groups is 1. The molecule has 0 N–H and O–H groups in total. The molecule has 1 aromatic rings. The molecule has 2 aliphatic rings. The Hall–Kier alpha value is -0.570. The molecule has 2 aliphatic heterocycles. The van der Waals surface area contributed by atoms with Crippen LogP contribution < -0.4 is 4.90 Å². The van der Waals surface area contributed by atoms with Crippen LogP contribution in [0.1, 0.15) is 26.2 Å². The molecule has 25 heavy (non-hydrogen) atoms. The normalized spacial score (nSPS) is 26.2. The molecule has 0 aliphatic carbocycles. The van der Waals surface area contributed by atoms with Crippen LogP contribution in [0.15, 0.2) is 27.7 Å². The highest BCUT2D eigenvalue weighted by Gasteiger charge is 2.49. The minimum Gasteiger partial charge on any atom is -0.314 e. The zero-order chi connectivity index (χ0) is 18.2. The fourth-order valence-electron chi connectivity index (χ4n) is 3.01. The number of amidine groups is 1. The first-order valence-corrected chi connectivity index (χ1v) is 11.9. The molecule has 2 fully saturated rings. The highest BCUT2D eigenvalue weighted by Crippen LogP contribution is 2.43. The second-order valence-electron chi connectivity index (χ2n) is 6.16. The molecule has 0 radical (unpaired) electrons. The second kappa shape index (κ2) is 7.58. The Bertz CT molecular complexity index is 829. The first-order chi connectivity index (χ1) is 11.8. The van der Waals surface area contributed by atoms with Gasteiger partial charge in [0.1, 0.15) is 0 Å². The van der Waals surface area contributed by atoms with E-state index in [9.17, 15) is 13.2 Å². The summed E-state index contributed by atoms with van der Waals surface area (Å²) in [6.45, 7) is 2.02. The van der Waals surface area contributed by atoms with Crippen LogP contribution in [0, 0.1) is 0 Å². The molecule has 0 spiro atoms. The van der Waals surface area contributed by atoms with Crippen LogP contribution in [0.2, 0.25) is 5.02 Å². The maximum Gasteiger partial charge on any atom is 0.248 e. The Balaban J connectivity index is 1.98. The summed E-state index contributed by atoms with van der Waals surface area (Å²) in [6.07, 6.45) is 2.12. The van der Waals surface area contributed by atoms with E-state index in [4.69, 9.17) is 11.6 Å². The number of thioether (sulfide) groups is 1. The van der Waals surface area contributed by atoms with E-state index in [2.05, 4.69) is 20.9 Å². The number of halogens is 2. The number of unbranched alkanes of at least 4 members (excludes halogenated alkanes) is 1. The molecule has 0 unspecified atom stereocenters. The third kappa shape index (κ3) is 4.23. The first kappa shape index (κ1) is 19.2. The maximum absolute atomic E-state index is 12.1. The van der Waals surface area contributed by atoms with E-state index in [1.165, 1.54) is 11.8 Å². The van der Waals surface area contributed by atoms with E-state index in [0.29, 0.717) is 22.3 Å². The van der Waals surface area contributed by atoms with Gasteiger partial charge in [-0.2, -0.15) is 4.99 Å². The van der Waals surface area contributed by atoms with Gasteiger partial charge in [-0.25, -0.2) is 8.42 Å². The van der Waals surface area contributed by atoms with Crippen LogP contribution in [-0.2, 0) is 14.6 Å². The summed E-state index contributed by atoms with van der Waals surface area (Å²) in [6, 6.07) is 5.19. The number of hydrogen-bond donors (Lipinski definition) is 0. The SMILES string of the molecule is CCCCC(=O)N=C1S[C@H]2CS(=O)(=O)C[C@H]2N1c1ccc(Br)cc1Cl. The van der Waals surface area contributed by atoms with Crippen molar-refractivity contribution in [3.8, 4) is 0 Å². The van der Waals surface area contributed by atoms with Gasteiger partial charge in [0.2, 0.25) is 5.91 Å². The fraction of sp³-hybridized carbons (Fsp3) is 0.500. The van der Waals surface area contributed by atoms with Gasteiger partial charge >= 0.3 is 0 Å². The zero-order valence-electron chi connectivity index (χ0n) is 13.6. The number of aliphatic imine (C=N–C) groups is 1. The molecule has 0 bridgehead atoms. The van der Waals surface area contributed by atoms with Crippen molar-refractivity contribution >= 4 is 65.9 Å². The lowest BCUT2D eigenvalue weighted by molar-refractivity contribution is -0.117. The summed E-state index contributed by atoms with van der Waals surface area (Å²) in [4.78, 5) is 18.2. The molecule has 3 rings (SSSR count). The summed E-state index contributed by atoms with van der Waals surface area (Å²) in [5.41, 5.74) is 0.684. The number of benzene rings is 1. The van der Waals surface area contributed by atoms with Gasteiger partial charge in [0.05, 0.1) is 28.3 Å². The van der Waals surface area contributed by atoms with Crippen LogP contribution in [-0.4, -0.2) is 42.3 Å². The van der Waals surface area contributed by atoms with E-state index in [1.54, 1.807) is 6.07 Å². The lowest BCUT2D eigenvalue weighted by atomic mass is 10.2. The zero-order valence-corrected chi connectivity index (χ0v) is 17.6. The van der Waals surface area contributed by atoms with Gasteiger partial charge in [0.25, 0.3) is 0 Å². The van der Waals surface area contributed by atoms with Crippen LogP contribution >= 0.6 is 39.3 Å². The molecule has 5 nitrogen and oxygen atoms in total. The van der Waals surface area contributed by atoms with Crippen molar-refractivity contribution in [2.75, 3.05) is 16.4 Å². The Labute approximate surface area is 165 Å². The predicted octanol–water partition coefficient (Wildman–Crippen LogP) is 3.89. The number of anilines is 1. The van der Waals surface area contributed by atoms with Crippen molar-refractivity contribution in [1.82, 2.24) is 0 Å².